The fraction of sp³-hybridized carbons (Fsp3) is 0.778. The molecule has 0 spiro atoms. The van der Waals surface area contributed by atoms with Crippen molar-refractivity contribution in [1.29, 1.82) is 0 Å². The zero-order valence-electron chi connectivity index (χ0n) is 7.19. The highest BCUT2D eigenvalue weighted by molar-refractivity contribution is 5.18. The van der Waals surface area contributed by atoms with E-state index < -0.39 is 6.08 Å². The fourth-order valence-corrected chi connectivity index (χ4v) is 2.44. The third kappa shape index (κ3) is 1.07. The van der Waals surface area contributed by atoms with Crippen molar-refractivity contribution in [1.82, 2.24) is 4.90 Å². The molecular weight excluding hydrogens is 160 g/mol. The Morgan fingerprint density at radius 2 is 2.25 bits per heavy atom. The molecule has 0 N–H and O–H groups in total. The molecule has 2 rings (SSSR count). The highest BCUT2D eigenvalue weighted by Crippen LogP contribution is 2.37. The fourth-order valence-electron chi connectivity index (χ4n) is 2.44. The van der Waals surface area contributed by atoms with Crippen LogP contribution in [0.15, 0.2) is 11.7 Å². The lowest BCUT2D eigenvalue weighted by atomic mass is 9.97. The van der Waals surface area contributed by atoms with E-state index >= 15 is 0 Å². The van der Waals surface area contributed by atoms with Crippen molar-refractivity contribution in [3.8, 4) is 0 Å². The number of nitrogens with zero attached hydrogens (tertiary/aromatic N) is 1. The van der Waals surface area contributed by atoms with Crippen molar-refractivity contribution >= 4 is 0 Å². The summed E-state index contributed by atoms with van der Waals surface area (Å²) in [5, 5.41) is 0. The van der Waals surface area contributed by atoms with Crippen LogP contribution in [0.5, 0.6) is 0 Å². The Morgan fingerprint density at radius 1 is 1.50 bits per heavy atom. The second-order valence-corrected chi connectivity index (χ2v) is 3.75. The molecule has 0 aromatic heterocycles. The smallest absolute Gasteiger partial charge is 0.271 e. The molecule has 12 heavy (non-hydrogen) atoms. The first-order valence-electron chi connectivity index (χ1n) is 4.48. The first-order chi connectivity index (χ1) is 5.70. The molecule has 0 aromatic rings. The Labute approximate surface area is 71.0 Å². The van der Waals surface area contributed by atoms with Crippen LogP contribution in [0.3, 0.4) is 0 Å². The lowest BCUT2D eigenvalue weighted by Gasteiger charge is -2.15. The van der Waals surface area contributed by atoms with Gasteiger partial charge in [-0.2, -0.15) is 8.78 Å². The quantitative estimate of drug-likeness (QED) is 0.543. The molecule has 2 atom stereocenters. The highest BCUT2D eigenvalue weighted by Gasteiger charge is 2.39. The van der Waals surface area contributed by atoms with Crippen molar-refractivity contribution in [3.63, 3.8) is 0 Å². The molecule has 2 unspecified atom stereocenters. The standard InChI is InChI=1S/C9H13F2N/c1-6-7(9(10)11)5-12-4-2-3-8(6)12/h6,8H,2-5H2,1H3. The van der Waals surface area contributed by atoms with Gasteiger partial charge in [0.1, 0.15) is 0 Å². The second-order valence-electron chi connectivity index (χ2n) is 3.75. The van der Waals surface area contributed by atoms with Crippen LogP contribution in [0.1, 0.15) is 19.8 Å². The van der Waals surface area contributed by atoms with E-state index in [9.17, 15) is 8.78 Å². The first-order valence-corrected chi connectivity index (χ1v) is 4.48. The van der Waals surface area contributed by atoms with Crippen LogP contribution < -0.4 is 0 Å². The van der Waals surface area contributed by atoms with E-state index in [4.69, 9.17) is 0 Å². The van der Waals surface area contributed by atoms with Gasteiger partial charge in [-0.25, -0.2) is 0 Å². The summed E-state index contributed by atoms with van der Waals surface area (Å²) < 4.78 is 24.7. The van der Waals surface area contributed by atoms with Gasteiger partial charge in [0.05, 0.1) is 0 Å². The van der Waals surface area contributed by atoms with E-state index in [1.54, 1.807) is 0 Å². The lowest BCUT2D eigenvalue weighted by Crippen LogP contribution is -2.24. The van der Waals surface area contributed by atoms with E-state index in [-0.39, 0.29) is 5.92 Å². The zero-order valence-corrected chi connectivity index (χ0v) is 7.19. The van der Waals surface area contributed by atoms with Gasteiger partial charge in [-0.15, -0.1) is 0 Å². The number of hydrogen-bond donors (Lipinski definition) is 0. The summed E-state index contributed by atoms with van der Waals surface area (Å²) in [6, 6.07) is 0.404. The Hall–Kier alpha value is -0.440. The monoisotopic (exact) mass is 173 g/mol. The summed E-state index contributed by atoms with van der Waals surface area (Å²) in [5.74, 6) is 0.0810. The van der Waals surface area contributed by atoms with Crippen molar-refractivity contribution < 1.29 is 8.78 Å². The van der Waals surface area contributed by atoms with Gasteiger partial charge in [0.2, 0.25) is 0 Å². The minimum absolute atomic E-state index is 0.0810. The summed E-state index contributed by atoms with van der Waals surface area (Å²) in [6.07, 6.45) is 0.825. The summed E-state index contributed by atoms with van der Waals surface area (Å²) in [7, 11) is 0. The van der Waals surface area contributed by atoms with E-state index in [0.717, 1.165) is 13.0 Å². The predicted octanol–water partition coefficient (Wildman–Crippen LogP) is 2.25. The van der Waals surface area contributed by atoms with Gasteiger partial charge >= 0.3 is 0 Å². The van der Waals surface area contributed by atoms with Crippen LogP contribution in [0.4, 0.5) is 8.78 Å². The molecule has 68 valence electrons. The number of rotatable bonds is 0. The average molecular weight is 173 g/mol. The largest absolute Gasteiger partial charge is 0.296 e. The normalized spacial score (nSPS) is 35.8. The molecule has 2 aliphatic heterocycles. The van der Waals surface area contributed by atoms with Gasteiger partial charge in [-0.1, -0.05) is 6.92 Å². The van der Waals surface area contributed by atoms with Gasteiger partial charge < -0.3 is 0 Å². The molecule has 0 saturated carbocycles. The molecule has 0 radical (unpaired) electrons. The molecule has 0 bridgehead atoms. The third-order valence-corrected chi connectivity index (χ3v) is 3.16. The molecule has 2 saturated heterocycles. The van der Waals surface area contributed by atoms with Crippen LogP contribution >= 0.6 is 0 Å². The van der Waals surface area contributed by atoms with Crippen LogP contribution in [0.2, 0.25) is 0 Å². The van der Waals surface area contributed by atoms with E-state index in [0.29, 0.717) is 18.2 Å². The Morgan fingerprint density at radius 3 is 2.83 bits per heavy atom. The van der Waals surface area contributed by atoms with Gasteiger partial charge in [0, 0.05) is 18.2 Å². The topological polar surface area (TPSA) is 3.24 Å². The van der Waals surface area contributed by atoms with Gasteiger partial charge in [-0.3, -0.25) is 4.90 Å². The minimum atomic E-state index is -1.45. The predicted molar refractivity (Wildman–Crippen MR) is 43.0 cm³/mol. The maximum Gasteiger partial charge on any atom is 0.271 e. The molecule has 2 fully saturated rings. The molecule has 2 heterocycles. The maximum absolute atomic E-state index is 12.4. The van der Waals surface area contributed by atoms with Crippen LogP contribution in [-0.4, -0.2) is 24.0 Å². The molecule has 0 aromatic carbocycles. The molecule has 3 heteroatoms. The Kier molecular flexibility index (Phi) is 1.91. The van der Waals surface area contributed by atoms with Crippen molar-refractivity contribution in [2.75, 3.05) is 13.1 Å². The number of hydrogen-bond acceptors (Lipinski definition) is 1. The SMILES string of the molecule is CC1C(=C(F)F)CN2CCCC12. The average Bonchev–Trinajstić information content (AvgIpc) is 2.53. The minimum Gasteiger partial charge on any atom is -0.296 e. The molecule has 1 nitrogen and oxygen atoms in total. The molecule has 0 amide bonds. The van der Waals surface area contributed by atoms with Gasteiger partial charge in [0.15, 0.2) is 0 Å². The van der Waals surface area contributed by atoms with Crippen LogP contribution in [-0.2, 0) is 0 Å². The number of halogens is 2. The highest BCUT2D eigenvalue weighted by atomic mass is 19.3. The van der Waals surface area contributed by atoms with Gasteiger partial charge in [0.25, 0.3) is 6.08 Å². The van der Waals surface area contributed by atoms with Crippen LogP contribution in [0.25, 0.3) is 0 Å². The van der Waals surface area contributed by atoms with Crippen molar-refractivity contribution in [2.45, 2.75) is 25.8 Å². The van der Waals surface area contributed by atoms with Gasteiger partial charge in [-0.05, 0) is 25.3 Å². The number of fused-ring (bicyclic) bond motifs is 1. The van der Waals surface area contributed by atoms with Crippen molar-refractivity contribution in [3.05, 3.63) is 11.7 Å². The van der Waals surface area contributed by atoms with Crippen molar-refractivity contribution in [2.24, 2.45) is 5.92 Å². The summed E-state index contributed by atoms with van der Waals surface area (Å²) in [5.41, 5.74) is 0.375. The summed E-state index contributed by atoms with van der Waals surface area (Å²) >= 11 is 0. The zero-order chi connectivity index (χ0) is 8.72. The summed E-state index contributed by atoms with van der Waals surface area (Å²) in [6.45, 7) is 3.43. The van der Waals surface area contributed by atoms with E-state index in [1.165, 1.54) is 6.42 Å². The van der Waals surface area contributed by atoms with Crippen LogP contribution in [0, 0.1) is 5.92 Å². The summed E-state index contributed by atoms with van der Waals surface area (Å²) in [4.78, 5) is 2.18. The Balaban J connectivity index is 2.21. The molecule has 2 aliphatic rings. The first kappa shape index (κ1) is 8.17. The molecular formula is C9H13F2N. The Bertz CT molecular complexity index is 221. The second kappa shape index (κ2) is 2.80. The lowest BCUT2D eigenvalue weighted by molar-refractivity contribution is 0.298. The maximum atomic E-state index is 12.4. The van der Waals surface area contributed by atoms with E-state index in [2.05, 4.69) is 4.90 Å². The molecule has 0 aliphatic carbocycles. The van der Waals surface area contributed by atoms with E-state index in [1.807, 2.05) is 6.92 Å². The third-order valence-electron chi connectivity index (χ3n) is 3.16.